The Kier molecular flexibility index (Phi) is 24.3. The smallest absolute Gasteiger partial charge is 0.151 e. The van der Waals surface area contributed by atoms with E-state index in [0.29, 0.717) is 19.3 Å². The Bertz CT molecular complexity index is 128. The molecule has 114 valence electrons. The minimum absolute atomic E-state index is 0.417. The maximum Gasteiger partial charge on any atom is 0.151 e. The van der Waals surface area contributed by atoms with E-state index in [9.17, 15) is 0 Å². The molecule has 0 aromatic carbocycles. The van der Waals surface area contributed by atoms with Gasteiger partial charge < -0.3 is 30.6 Å². The third kappa shape index (κ3) is 44.7. The van der Waals surface area contributed by atoms with Crippen LogP contribution < -0.4 is 0 Å². The summed E-state index contributed by atoms with van der Waals surface area (Å²) in [5.41, 5.74) is 0. The van der Waals surface area contributed by atoms with Crippen LogP contribution in [0.1, 0.15) is 59.3 Å². The Morgan fingerprint density at radius 3 is 1.06 bits per heavy atom. The van der Waals surface area contributed by atoms with Crippen molar-refractivity contribution in [3.8, 4) is 0 Å². The van der Waals surface area contributed by atoms with E-state index in [1.54, 1.807) is 6.92 Å². The fourth-order valence-electron chi connectivity index (χ4n) is 0.645. The van der Waals surface area contributed by atoms with Crippen LogP contribution in [0, 0.1) is 0 Å². The van der Waals surface area contributed by atoms with Crippen LogP contribution in [0.15, 0.2) is 0 Å². The van der Waals surface area contributed by atoms with E-state index in [-0.39, 0.29) is 0 Å². The van der Waals surface area contributed by atoms with Gasteiger partial charge in [0.2, 0.25) is 0 Å². The normalized spacial score (nSPS) is 10.0. The van der Waals surface area contributed by atoms with E-state index < -0.39 is 18.9 Å². The largest absolute Gasteiger partial charge is 0.368 e. The first kappa shape index (κ1) is 22.9. The number of hydrogen-bond acceptors (Lipinski definition) is 6. The molecule has 0 rings (SSSR count). The summed E-state index contributed by atoms with van der Waals surface area (Å²) in [5, 5.41) is 48.5. The SMILES string of the molecule is CCC(O)O.CCCC(O)O.CCCCC(O)O. The van der Waals surface area contributed by atoms with Gasteiger partial charge in [-0.3, -0.25) is 0 Å². The second kappa shape index (κ2) is 19.1. The highest BCUT2D eigenvalue weighted by Gasteiger charge is 1.92. The highest BCUT2D eigenvalue weighted by Crippen LogP contribution is 1.95. The molecule has 0 aromatic rings. The van der Waals surface area contributed by atoms with Crippen molar-refractivity contribution in [1.29, 1.82) is 0 Å². The number of aliphatic hydroxyl groups excluding tert-OH is 3. The van der Waals surface area contributed by atoms with Gasteiger partial charge in [-0.15, -0.1) is 0 Å². The topological polar surface area (TPSA) is 121 Å². The van der Waals surface area contributed by atoms with Gasteiger partial charge in [-0.05, 0) is 25.7 Å². The zero-order chi connectivity index (χ0) is 15.0. The first-order valence-electron chi connectivity index (χ1n) is 6.40. The van der Waals surface area contributed by atoms with Crippen LogP contribution in [-0.4, -0.2) is 49.5 Å². The maximum absolute atomic E-state index is 8.24. The first-order valence-corrected chi connectivity index (χ1v) is 6.40. The van der Waals surface area contributed by atoms with Crippen LogP contribution in [0.25, 0.3) is 0 Å². The molecule has 0 aromatic heterocycles. The van der Waals surface area contributed by atoms with Crippen molar-refractivity contribution >= 4 is 0 Å². The molecule has 0 aliphatic heterocycles. The molecular formula is C12H30O6. The summed E-state index contributed by atoms with van der Waals surface area (Å²) in [4.78, 5) is 0. The summed E-state index contributed by atoms with van der Waals surface area (Å²) in [5.74, 6) is 0. The quantitative estimate of drug-likeness (QED) is 0.386. The average molecular weight is 270 g/mol. The minimum Gasteiger partial charge on any atom is -0.368 e. The highest BCUT2D eigenvalue weighted by molar-refractivity contribution is 4.36. The van der Waals surface area contributed by atoms with Crippen LogP contribution in [0.2, 0.25) is 0 Å². The Labute approximate surface area is 110 Å². The summed E-state index contributed by atoms with van der Waals surface area (Å²) >= 11 is 0. The molecule has 0 saturated carbocycles. The lowest BCUT2D eigenvalue weighted by Gasteiger charge is -1.97. The van der Waals surface area contributed by atoms with E-state index in [2.05, 4.69) is 0 Å². The summed E-state index contributed by atoms with van der Waals surface area (Å²) in [6.07, 6.45) is 0.855. The second-order valence-electron chi connectivity index (χ2n) is 3.78. The lowest BCUT2D eigenvalue weighted by Crippen LogP contribution is -2.02. The van der Waals surface area contributed by atoms with Gasteiger partial charge in [0.15, 0.2) is 18.9 Å². The Morgan fingerprint density at radius 2 is 1.00 bits per heavy atom. The molecule has 6 N–H and O–H groups in total. The van der Waals surface area contributed by atoms with Crippen LogP contribution >= 0.6 is 0 Å². The van der Waals surface area contributed by atoms with Gasteiger partial charge in [0.25, 0.3) is 0 Å². The van der Waals surface area contributed by atoms with Crippen molar-refractivity contribution < 1.29 is 30.6 Å². The van der Waals surface area contributed by atoms with Gasteiger partial charge >= 0.3 is 0 Å². The zero-order valence-electron chi connectivity index (χ0n) is 11.7. The van der Waals surface area contributed by atoms with E-state index in [4.69, 9.17) is 30.6 Å². The molecule has 0 aliphatic rings. The van der Waals surface area contributed by atoms with Gasteiger partial charge in [0, 0.05) is 0 Å². The van der Waals surface area contributed by atoms with Crippen molar-refractivity contribution in [2.45, 2.75) is 78.2 Å². The molecule has 0 bridgehead atoms. The van der Waals surface area contributed by atoms with E-state index in [0.717, 1.165) is 19.3 Å². The molecular weight excluding hydrogens is 240 g/mol. The van der Waals surface area contributed by atoms with E-state index in [1.807, 2.05) is 13.8 Å². The minimum atomic E-state index is -1.12. The summed E-state index contributed by atoms with van der Waals surface area (Å²) in [6.45, 7) is 5.62. The first-order chi connectivity index (χ1) is 8.31. The van der Waals surface area contributed by atoms with Gasteiger partial charge in [-0.1, -0.05) is 33.6 Å². The molecule has 0 amide bonds. The van der Waals surface area contributed by atoms with E-state index in [1.165, 1.54) is 0 Å². The molecule has 6 nitrogen and oxygen atoms in total. The van der Waals surface area contributed by atoms with Crippen molar-refractivity contribution in [3.63, 3.8) is 0 Å². The van der Waals surface area contributed by atoms with Crippen molar-refractivity contribution in [2.75, 3.05) is 0 Å². The molecule has 0 heterocycles. The third-order valence-corrected chi connectivity index (χ3v) is 1.73. The lowest BCUT2D eigenvalue weighted by atomic mass is 10.2. The molecule has 0 atom stereocenters. The molecule has 0 aliphatic carbocycles. The number of rotatable bonds is 6. The van der Waals surface area contributed by atoms with Crippen molar-refractivity contribution in [3.05, 3.63) is 0 Å². The monoisotopic (exact) mass is 270 g/mol. The molecule has 0 saturated heterocycles. The lowest BCUT2D eigenvalue weighted by molar-refractivity contribution is -0.0466. The number of unbranched alkanes of at least 4 members (excludes halogenated alkanes) is 1. The van der Waals surface area contributed by atoms with Crippen LogP contribution in [-0.2, 0) is 0 Å². The number of aliphatic hydroxyl groups is 6. The summed E-state index contributed by atoms with van der Waals surface area (Å²) in [6, 6.07) is 0. The molecule has 0 spiro atoms. The molecule has 18 heavy (non-hydrogen) atoms. The third-order valence-electron chi connectivity index (χ3n) is 1.73. The molecule has 6 heteroatoms. The zero-order valence-corrected chi connectivity index (χ0v) is 11.7. The Hall–Kier alpha value is -0.240. The predicted molar refractivity (Wildman–Crippen MR) is 69.4 cm³/mol. The Morgan fingerprint density at radius 1 is 0.611 bits per heavy atom. The molecule has 0 radical (unpaired) electrons. The second-order valence-corrected chi connectivity index (χ2v) is 3.78. The van der Waals surface area contributed by atoms with Crippen molar-refractivity contribution in [2.24, 2.45) is 0 Å². The van der Waals surface area contributed by atoms with Crippen LogP contribution in [0.4, 0.5) is 0 Å². The summed E-state index contributed by atoms with van der Waals surface area (Å²) in [7, 11) is 0. The number of hydrogen-bond donors (Lipinski definition) is 6. The average Bonchev–Trinajstić information content (AvgIpc) is 2.27. The van der Waals surface area contributed by atoms with Gasteiger partial charge in [-0.25, -0.2) is 0 Å². The van der Waals surface area contributed by atoms with Gasteiger partial charge in [0.05, 0.1) is 0 Å². The summed E-state index contributed by atoms with van der Waals surface area (Å²) < 4.78 is 0. The standard InChI is InChI=1S/C5H12O2.C4H10O2.C3H8O2/c1-2-3-4-5(6)7;1-2-3-4(5)6;1-2-3(4)5/h5-7H,2-4H2,1H3;4-6H,2-3H2,1H3;3-5H,2H2,1H3. The van der Waals surface area contributed by atoms with Gasteiger partial charge in [-0.2, -0.15) is 0 Å². The fourth-order valence-corrected chi connectivity index (χ4v) is 0.645. The highest BCUT2D eigenvalue weighted by atomic mass is 16.5. The predicted octanol–water partition coefficient (Wildman–Crippen LogP) is 0.292. The van der Waals surface area contributed by atoms with Crippen LogP contribution in [0.5, 0.6) is 0 Å². The molecule has 0 unspecified atom stereocenters. The van der Waals surface area contributed by atoms with Gasteiger partial charge in [0.1, 0.15) is 0 Å². The van der Waals surface area contributed by atoms with E-state index >= 15 is 0 Å². The Balaban J connectivity index is -0.000000190. The van der Waals surface area contributed by atoms with Crippen molar-refractivity contribution in [1.82, 2.24) is 0 Å². The molecule has 0 fully saturated rings. The fraction of sp³-hybridized carbons (Fsp3) is 1.00. The van der Waals surface area contributed by atoms with Crippen LogP contribution in [0.3, 0.4) is 0 Å². The maximum atomic E-state index is 8.24.